The number of hydrogen-bond donors (Lipinski definition) is 3. The third-order valence-electron chi connectivity index (χ3n) is 2.52. The summed E-state index contributed by atoms with van der Waals surface area (Å²) in [6.45, 7) is 1.93. The lowest BCUT2D eigenvalue weighted by atomic mass is 10.2. The van der Waals surface area contributed by atoms with Crippen LogP contribution in [0.2, 0.25) is 0 Å². The van der Waals surface area contributed by atoms with E-state index in [2.05, 4.69) is 15.3 Å². The van der Waals surface area contributed by atoms with Crippen LogP contribution >= 0.6 is 0 Å². The molecule has 0 aliphatic rings. The molecule has 0 aliphatic heterocycles. The van der Waals surface area contributed by atoms with E-state index >= 15 is 0 Å². The van der Waals surface area contributed by atoms with E-state index < -0.39 is 11.5 Å². The number of aromatic amines is 1. The number of nitrogens with zero attached hydrogens (tertiary/aromatic N) is 1. The first-order chi connectivity index (χ1) is 8.65. The fourth-order valence-corrected chi connectivity index (χ4v) is 1.70. The van der Waals surface area contributed by atoms with Crippen LogP contribution in [0.5, 0.6) is 0 Å². The molecule has 3 N–H and O–H groups in total. The van der Waals surface area contributed by atoms with E-state index in [1.165, 1.54) is 6.33 Å². The Bertz CT molecular complexity index is 629. The van der Waals surface area contributed by atoms with Gasteiger partial charge in [0.05, 0.1) is 11.9 Å². The van der Waals surface area contributed by atoms with Gasteiger partial charge in [0.15, 0.2) is 0 Å². The molecule has 0 saturated heterocycles. The molecule has 7 heteroatoms. The number of hydrogen-bond acceptors (Lipinski definition) is 5. The van der Waals surface area contributed by atoms with Crippen LogP contribution < -0.4 is 10.9 Å². The van der Waals surface area contributed by atoms with E-state index in [-0.39, 0.29) is 23.3 Å². The van der Waals surface area contributed by atoms with E-state index in [0.717, 1.165) is 0 Å². The highest BCUT2D eigenvalue weighted by Crippen LogP contribution is 2.19. The largest absolute Gasteiger partial charge is 0.442 e. The van der Waals surface area contributed by atoms with Gasteiger partial charge < -0.3 is 19.8 Å². The summed E-state index contributed by atoms with van der Waals surface area (Å²) in [5.74, 6) is -0.0612. The number of nitrogens with one attached hydrogen (secondary N) is 2. The van der Waals surface area contributed by atoms with Crippen molar-refractivity contribution in [3.63, 3.8) is 0 Å². The second-order valence-electron chi connectivity index (χ2n) is 3.78. The van der Waals surface area contributed by atoms with Gasteiger partial charge in [-0.05, 0) is 13.3 Å². The molecule has 0 aromatic carbocycles. The van der Waals surface area contributed by atoms with E-state index in [1.54, 1.807) is 6.92 Å². The van der Waals surface area contributed by atoms with Gasteiger partial charge >= 0.3 is 0 Å². The number of H-pyrrole nitrogens is 1. The molecule has 18 heavy (non-hydrogen) atoms. The molecule has 0 atom stereocenters. The maximum atomic E-state index is 11.9. The molecule has 0 saturated carbocycles. The Morgan fingerprint density at radius 3 is 3.11 bits per heavy atom. The van der Waals surface area contributed by atoms with Crippen molar-refractivity contribution in [2.75, 3.05) is 13.2 Å². The van der Waals surface area contributed by atoms with Crippen LogP contribution in [-0.2, 0) is 0 Å². The number of furan rings is 1. The van der Waals surface area contributed by atoms with Gasteiger partial charge in [-0.3, -0.25) is 9.59 Å². The topological polar surface area (TPSA) is 108 Å². The number of aromatic nitrogens is 2. The normalized spacial score (nSPS) is 10.8. The first kappa shape index (κ1) is 12.3. The second kappa shape index (κ2) is 5.01. The molecule has 2 aromatic rings. The van der Waals surface area contributed by atoms with Crippen molar-refractivity contribution >= 4 is 17.0 Å². The summed E-state index contributed by atoms with van der Waals surface area (Å²) in [5.41, 5.74) is -0.0787. The summed E-state index contributed by atoms with van der Waals surface area (Å²) in [7, 11) is 0. The highest BCUT2D eigenvalue weighted by Gasteiger charge is 2.20. The molecular formula is C11H13N3O4. The van der Waals surface area contributed by atoms with Crippen LogP contribution in [0.1, 0.15) is 22.5 Å². The van der Waals surface area contributed by atoms with Crippen LogP contribution in [0, 0.1) is 6.92 Å². The Labute approximate surface area is 102 Å². The van der Waals surface area contributed by atoms with Crippen LogP contribution in [0.25, 0.3) is 11.1 Å². The molecule has 7 nitrogen and oxygen atoms in total. The Morgan fingerprint density at radius 2 is 2.39 bits per heavy atom. The lowest BCUT2D eigenvalue weighted by Crippen LogP contribution is -2.26. The fraction of sp³-hybridized carbons (Fsp3) is 0.364. The monoisotopic (exact) mass is 251 g/mol. The second-order valence-corrected chi connectivity index (χ2v) is 3.78. The number of carbonyl (C=O) groups is 1. The van der Waals surface area contributed by atoms with Crippen LogP contribution in [0.15, 0.2) is 15.5 Å². The lowest BCUT2D eigenvalue weighted by molar-refractivity contribution is 0.0951. The Morgan fingerprint density at radius 1 is 1.61 bits per heavy atom. The molecule has 0 fully saturated rings. The summed E-state index contributed by atoms with van der Waals surface area (Å²) in [4.78, 5) is 29.9. The van der Waals surface area contributed by atoms with Crippen LogP contribution in [0.4, 0.5) is 0 Å². The number of rotatable bonds is 4. The Balaban J connectivity index is 2.41. The predicted octanol–water partition coefficient (Wildman–Crippen LogP) is -0.0633. The van der Waals surface area contributed by atoms with Crippen molar-refractivity contribution in [2.24, 2.45) is 0 Å². The molecule has 0 spiro atoms. The zero-order valence-corrected chi connectivity index (χ0v) is 9.82. The molecular weight excluding hydrogens is 238 g/mol. The van der Waals surface area contributed by atoms with E-state index in [4.69, 9.17) is 9.52 Å². The highest BCUT2D eigenvalue weighted by atomic mass is 16.3. The molecule has 1 amide bonds. The SMILES string of the molecule is Cc1oc2nc[nH]c(=O)c2c1C(=O)NCCCO. The zero-order valence-electron chi connectivity index (χ0n) is 9.82. The summed E-state index contributed by atoms with van der Waals surface area (Å²) >= 11 is 0. The maximum Gasteiger partial charge on any atom is 0.262 e. The summed E-state index contributed by atoms with van der Waals surface area (Å²) in [6, 6.07) is 0. The molecule has 2 heterocycles. The van der Waals surface area contributed by atoms with Crippen molar-refractivity contribution in [2.45, 2.75) is 13.3 Å². The van der Waals surface area contributed by atoms with Crippen molar-refractivity contribution < 1.29 is 14.3 Å². The van der Waals surface area contributed by atoms with Crippen molar-refractivity contribution in [1.82, 2.24) is 15.3 Å². The van der Waals surface area contributed by atoms with Crippen molar-refractivity contribution in [3.05, 3.63) is 28.0 Å². The van der Waals surface area contributed by atoms with Gasteiger partial charge in [0.25, 0.3) is 11.5 Å². The predicted molar refractivity (Wildman–Crippen MR) is 63.4 cm³/mol. The minimum atomic E-state index is -0.413. The first-order valence-electron chi connectivity index (χ1n) is 5.51. The molecule has 0 unspecified atom stereocenters. The number of aliphatic hydroxyl groups is 1. The average Bonchev–Trinajstić information content (AvgIpc) is 2.67. The highest BCUT2D eigenvalue weighted by molar-refractivity contribution is 6.06. The molecule has 2 aromatic heterocycles. The minimum absolute atomic E-state index is 0.00641. The molecule has 0 radical (unpaired) electrons. The maximum absolute atomic E-state index is 11.9. The van der Waals surface area contributed by atoms with Gasteiger partial charge in [-0.2, -0.15) is 0 Å². The van der Waals surface area contributed by atoms with Gasteiger partial charge in [-0.15, -0.1) is 0 Å². The molecule has 2 rings (SSSR count). The minimum Gasteiger partial charge on any atom is -0.442 e. The van der Waals surface area contributed by atoms with Gasteiger partial charge in [0, 0.05) is 13.2 Å². The quantitative estimate of drug-likeness (QED) is 0.659. The number of fused-ring (bicyclic) bond motifs is 1. The fourth-order valence-electron chi connectivity index (χ4n) is 1.70. The van der Waals surface area contributed by atoms with E-state index in [0.29, 0.717) is 18.7 Å². The third-order valence-corrected chi connectivity index (χ3v) is 2.52. The Kier molecular flexibility index (Phi) is 3.42. The van der Waals surface area contributed by atoms with Crippen molar-refractivity contribution in [3.8, 4) is 0 Å². The van der Waals surface area contributed by atoms with E-state index in [9.17, 15) is 9.59 Å². The van der Waals surface area contributed by atoms with E-state index in [1.807, 2.05) is 0 Å². The van der Waals surface area contributed by atoms with Crippen molar-refractivity contribution in [1.29, 1.82) is 0 Å². The molecule has 0 aliphatic carbocycles. The van der Waals surface area contributed by atoms with Gasteiger partial charge in [-0.1, -0.05) is 0 Å². The lowest BCUT2D eigenvalue weighted by Gasteiger charge is -2.02. The number of aryl methyl sites for hydroxylation is 1. The third kappa shape index (κ3) is 2.12. The summed E-state index contributed by atoms with van der Waals surface area (Å²) < 4.78 is 5.27. The first-order valence-corrected chi connectivity index (χ1v) is 5.51. The van der Waals surface area contributed by atoms with Crippen LogP contribution in [-0.4, -0.2) is 34.1 Å². The summed E-state index contributed by atoms with van der Waals surface area (Å²) in [5, 5.41) is 11.4. The smallest absolute Gasteiger partial charge is 0.262 e. The molecule has 0 bridgehead atoms. The molecule has 96 valence electrons. The van der Waals surface area contributed by atoms with Gasteiger partial charge in [-0.25, -0.2) is 4.98 Å². The summed E-state index contributed by atoms with van der Waals surface area (Å²) in [6.07, 6.45) is 1.68. The number of carbonyl (C=O) groups excluding carboxylic acids is 1. The number of amides is 1. The van der Waals surface area contributed by atoms with Gasteiger partial charge in [0.1, 0.15) is 11.1 Å². The zero-order chi connectivity index (χ0) is 13.1. The Hall–Kier alpha value is -2.15. The number of aliphatic hydroxyl groups excluding tert-OH is 1. The van der Waals surface area contributed by atoms with Gasteiger partial charge in [0.2, 0.25) is 5.71 Å². The van der Waals surface area contributed by atoms with Crippen LogP contribution in [0.3, 0.4) is 0 Å². The average molecular weight is 251 g/mol. The standard InChI is InChI=1S/C11H13N3O4/c1-6-7(9(16)12-3-2-4-15)8-10(17)13-5-14-11(8)18-6/h5,15H,2-4H2,1H3,(H,12,16)(H,13,14,17).